The molecule has 0 aliphatic carbocycles. The molecule has 0 fully saturated rings. The Balaban J connectivity index is 2.39. The molecule has 2 aromatic rings. The molecular formula is C14H11Cl2N5. The highest BCUT2D eigenvalue weighted by molar-refractivity contribution is 6.32. The van der Waals surface area contributed by atoms with Gasteiger partial charge in [-0.1, -0.05) is 11.6 Å². The first-order chi connectivity index (χ1) is 10.0. The summed E-state index contributed by atoms with van der Waals surface area (Å²) in [6, 6.07) is 5.87. The number of nitrogens with one attached hydrogen (secondary N) is 1. The van der Waals surface area contributed by atoms with Gasteiger partial charge in [-0.2, -0.15) is 10.2 Å². The number of rotatable bonds is 3. The van der Waals surface area contributed by atoms with Crippen LogP contribution in [-0.2, 0) is 0 Å². The molecule has 5 nitrogen and oxygen atoms in total. The summed E-state index contributed by atoms with van der Waals surface area (Å²) in [5.74, 6) is 0.350. The average molecular weight is 320 g/mol. The molecule has 0 saturated heterocycles. The van der Waals surface area contributed by atoms with Gasteiger partial charge in [-0.25, -0.2) is 0 Å². The number of halogens is 2. The van der Waals surface area contributed by atoms with Gasteiger partial charge in [0.15, 0.2) is 11.0 Å². The highest BCUT2D eigenvalue weighted by Crippen LogP contribution is 2.28. The molecule has 106 valence electrons. The van der Waals surface area contributed by atoms with Crippen LogP contribution in [0.4, 0.5) is 11.5 Å². The van der Waals surface area contributed by atoms with E-state index in [-0.39, 0.29) is 10.4 Å². The highest BCUT2D eigenvalue weighted by atomic mass is 35.5. The predicted octanol–water partition coefficient (Wildman–Crippen LogP) is 4.08. The number of hydrogen-bond acceptors (Lipinski definition) is 5. The third-order valence-corrected chi connectivity index (χ3v) is 3.18. The standard InChI is InChI=1S/C14H11Cl2N5/c1-8-6-10(4-3-5-17)7-9(2)11(8)18-13-12(15)20-21-14(16)19-13/h3-4,6-7H,1-2H3,(H,18,19,21)/b4-3+. The van der Waals surface area contributed by atoms with Gasteiger partial charge in [-0.15, -0.1) is 10.2 Å². The Labute approximate surface area is 132 Å². The minimum absolute atomic E-state index is 0.0192. The molecule has 0 saturated carbocycles. The summed E-state index contributed by atoms with van der Waals surface area (Å²) in [4.78, 5) is 4.01. The van der Waals surface area contributed by atoms with Crippen molar-refractivity contribution in [2.75, 3.05) is 5.32 Å². The molecule has 1 N–H and O–H groups in total. The van der Waals surface area contributed by atoms with E-state index in [4.69, 9.17) is 28.5 Å². The first-order valence-corrected chi connectivity index (χ1v) is 6.77. The summed E-state index contributed by atoms with van der Waals surface area (Å²) < 4.78 is 0. The van der Waals surface area contributed by atoms with Crippen LogP contribution < -0.4 is 5.32 Å². The quantitative estimate of drug-likeness (QED) is 0.863. The lowest BCUT2D eigenvalue weighted by molar-refractivity contribution is 0.974. The van der Waals surface area contributed by atoms with Gasteiger partial charge < -0.3 is 5.32 Å². The van der Waals surface area contributed by atoms with E-state index < -0.39 is 0 Å². The second-order valence-electron chi connectivity index (χ2n) is 4.34. The van der Waals surface area contributed by atoms with E-state index in [2.05, 4.69) is 20.5 Å². The van der Waals surface area contributed by atoms with Crippen molar-refractivity contribution < 1.29 is 0 Å². The lowest BCUT2D eigenvalue weighted by atomic mass is 10.0. The molecule has 0 amide bonds. The molecule has 1 heterocycles. The summed E-state index contributed by atoms with van der Waals surface area (Å²) >= 11 is 11.7. The Morgan fingerprint density at radius 2 is 1.86 bits per heavy atom. The average Bonchev–Trinajstić information content (AvgIpc) is 2.44. The number of aryl methyl sites for hydroxylation is 2. The minimum atomic E-state index is 0.0192. The number of benzene rings is 1. The number of anilines is 2. The van der Waals surface area contributed by atoms with Crippen molar-refractivity contribution in [1.29, 1.82) is 5.26 Å². The van der Waals surface area contributed by atoms with Crippen molar-refractivity contribution in [3.05, 3.63) is 45.3 Å². The lowest BCUT2D eigenvalue weighted by Crippen LogP contribution is -2.02. The van der Waals surface area contributed by atoms with Gasteiger partial charge in [0.05, 0.1) is 6.07 Å². The second kappa shape index (κ2) is 6.53. The molecule has 21 heavy (non-hydrogen) atoms. The minimum Gasteiger partial charge on any atom is -0.337 e. The van der Waals surface area contributed by atoms with Gasteiger partial charge in [0, 0.05) is 11.8 Å². The third-order valence-electron chi connectivity index (χ3n) is 2.77. The molecule has 2 rings (SSSR count). The van der Waals surface area contributed by atoms with Crippen LogP contribution in [0.2, 0.25) is 10.4 Å². The van der Waals surface area contributed by atoms with E-state index >= 15 is 0 Å². The van der Waals surface area contributed by atoms with Crippen molar-refractivity contribution in [2.24, 2.45) is 0 Å². The fourth-order valence-corrected chi connectivity index (χ4v) is 2.16. The van der Waals surface area contributed by atoms with Gasteiger partial charge in [-0.3, -0.25) is 0 Å². The lowest BCUT2D eigenvalue weighted by Gasteiger charge is -2.13. The number of nitriles is 1. The largest absolute Gasteiger partial charge is 0.337 e. The molecular weight excluding hydrogens is 309 g/mol. The Kier molecular flexibility index (Phi) is 4.73. The van der Waals surface area contributed by atoms with Crippen LogP contribution in [0.3, 0.4) is 0 Å². The summed E-state index contributed by atoms with van der Waals surface area (Å²) in [7, 11) is 0. The number of nitrogens with zero attached hydrogens (tertiary/aromatic N) is 4. The summed E-state index contributed by atoms with van der Waals surface area (Å²) in [5, 5.41) is 19.1. The third kappa shape index (κ3) is 3.69. The zero-order chi connectivity index (χ0) is 15.4. The molecule has 0 radical (unpaired) electrons. The first kappa shape index (κ1) is 15.2. The summed E-state index contributed by atoms with van der Waals surface area (Å²) in [6.45, 7) is 3.90. The molecule has 0 aliphatic heterocycles. The maximum Gasteiger partial charge on any atom is 0.245 e. The van der Waals surface area contributed by atoms with Gasteiger partial charge in [0.2, 0.25) is 5.28 Å². The monoisotopic (exact) mass is 319 g/mol. The van der Waals surface area contributed by atoms with Crippen molar-refractivity contribution >= 4 is 40.8 Å². The van der Waals surface area contributed by atoms with E-state index in [1.165, 1.54) is 6.08 Å². The Bertz CT molecular complexity index is 727. The van der Waals surface area contributed by atoms with E-state index in [9.17, 15) is 0 Å². The Morgan fingerprint density at radius 1 is 1.19 bits per heavy atom. The van der Waals surface area contributed by atoms with E-state index in [1.54, 1.807) is 6.08 Å². The predicted molar refractivity (Wildman–Crippen MR) is 83.7 cm³/mol. The first-order valence-electron chi connectivity index (χ1n) is 6.01. The maximum atomic E-state index is 8.57. The number of hydrogen-bond donors (Lipinski definition) is 1. The summed E-state index contributed by atoms with van der Waals surface area (Å²) in [6.07, 6.45) is 3.19. The molecule has 0 bridgehead atoms. The van der Waals surface area contributed by atoms with Gasteiger partial charge in [0.1, 0.15) is 0 Å². The smallest absolute Gasteiger partial charge is 0.245 e. The van der Waals surface area contributed by atoms with Gasteiger partial charge >= 0.3 is 0 Å². The zero-order valence-corrected chi connectivity index (χ0v) is 12.9. The Hall–Kier alpha value is -2.16. The Morgan fingerprint density at radius 3 is 2.48 bits per heavy atom. The molecule has 0 unspecified atom stereocenters. The fraction of sp³-hybridized carbons (Fsp3) is 0.143. The van der Waals surface area contributed by atoms with Crippen LogP contribution in [0, 0.1) is 25.2 Å². The van der Waals surface area contributed by atoms with Crippen molar-refractivity contribution in [2.45, 2.75) is 13.8 Å². The number of allylic oxidation sites excluding steroid dienone is 1. The van der Waals surface area contributed by atoms with Gasteiger partial charge in [0.25, 0.3) is 0 Å². The summed E-state index contributed by atoms with van der Waals surface area (Å²) in [5.41, 5.74) is 3.78. The molecule has 0 atom stereocenters. The van der Waals surface area contributed by atoms with E-state index in [0.717, 1.165) is 22.4 Å². The normalized spacial score (nSPS) is 10.6. The van der Waals surface area contributed by atoms with Crippen LogP contribution >= 0.6 is 23.2 Å². The molecule has 1 aromatic carbocycles. The van der Waals surface area contributed by atoms with Crippen LogP contribution in [0.1, 0.15) is 16.7 Å². The number of aromatic nitrogens is 3. The van der Waals surface area contributed by atoms with Crippen molar-refractivity contribution in [1.82, 2.24) is 15.2 Å². The fourth-order valence-electron chi connectivity index (χ4n) is 1.92. The zero-order valence-electron chi connectivity index (χ0n) is 11.4. The molecule has 7 heteroatoms. The highest BCUT2D eigenvalue weighted by Gasteiger charge is 2.10. The molecule has 0 aliphatic rings. The maximum absolute atomic E-state index is 8.57. The SMILES string of the molecule is Cc1cc(/C=C/C#N)cc(C)c1Nc1nc(Cl)nnc1Cl. The van der Waals surface area contributed by atoms with Crippen LogP contribution in [0.25, 0.3) is 6.08 Å². The van der Waals surface area contributed by atoms with Crippen LogP contribution in [0.15, 0.2) is 18.2 Å². The van der Waals surface area contributed by atoms with Crippen LogP contribution in [-0.4, -0.2) is 15.2 Å². The van der Waals surface area contributed by atoms with E-state index in [0.29, 0.717) is 5.82 Å². The van der Waals surface area contributed by atoms with Gasteiger partial charge in [-0.05, 0) is 60.3 Å². The second-order valence-corrected chi connectivity index (χ2v) is 5.03. The van der Waals surface area contributed by atoms with Crippen molar-refractivity contribution in [3.63, 3.8) is 0 Å². The molecule has 1 aromatic heterocycles. The van der Waals surface area contributed by atoms with Crippen LogP contribution in [0.5, 0.6) is 0 Å². The topological polar surface area (TPSA) is 74.5 Å². The molecule has 0 spiro atoms. The van der Waals surface area contributed by atoms with Crippen molar-refractivity contribution in [3.8, 4) is 6.07 Å². The van der Waals surface area contributed by atoms with E-state index in [1.807, 2.05) is 32.0 Å².